The topological polar surface area (TPSA) is 83.1 Å². The molecule has 1 rings (SSSR count). The highest BCUT2D eigenvalue weighted by Gasteiger charge is 2.27. The first-order valence-corrected chi connectivity index (χ1v) is 34.5. The number of ether oxygens (including phenoxy) is 2. The molecule has 2 N–H and O–H groups in total. The highest BCUT2D eigenvalue weighted by atomic mass is 16.5. The van der Waals surface area contributed by atoms with Crippen molar-refractivity contribution >= 4 is 11.9 Å². The van der Waals surface area contributed by atoms with E-state index >= 15 is 0 Å². The van der Waals surface area contributed by atoms with Gasteiger partial charge < -0.3 is 29.9 Å². The number of allylic oxidation sites excluding steroid dienone is 2. The van der Waals surface area contributed by atoms with Gasteiger partial charge in [0, 0.05) is 37.1 Å². The maximum atomic E-state index is 13.1. The molecule has 0 saturated heterocycles. The predicted molar refractivity (Wildman–Crippen MR) is 339 cm³/mol. The lowest BCUT2D eigenvalue weighted by Crippen LogP contribution is -2.36. The van der Waals surface area contributed by atoms with Crippen LogP contribution < -0.4 is 10.6 Å². The minimum atomic E-state index is -0.0166. The number of rotatable bonds is 62. The van der Waals surface area contributed by atoms with Crippen LogP contribution in [0.5, 0.6) is 0 Å². The van der Waals surface area contributed by atoms with Crippen molar-refractivity contribution in [3.05, 3.63) is 41.4 Å². The van der Waals surface area contributed by atoms with Gasteiger partial charge in [-0.2, -0.15) is 0 Å². The van der Waals surface area contributed by atoms with Gasteiger partial charge in [-0.05, 0) is 123 Å². The van der Waals surface area contributed by atoms with Crippen molar-refractivity contribution < 1.29 is 19.1 Å². The van der Waals surface area contributed by atoms with E-state index in [-0.39, 0.29) is 18.0 Å². The second-order valence-electron chi connectivity index (χ2n) is 23.8. The fourth-order valence-corrected chi connectivity index (χ4v) is 11.2. The summed E-state index contributed by atoms with van der Waals surface area (Å²) in [5.41, 5.74) is 7.52. The molecule has 8 nitrogen and oxygen atoms in total. The zero-order valence-electron chi connectivity index (χ0n) is 52.9. The molecular weight excluding hydrogens is 961 g/mol. The fraction of sp³-hybridized carbons (Fsp3) is 0.871. The molecule has 456 valence electrons. The summed E-state index contributed by atoms with van der Waals surface area (Å²) in [4.78, 5) is 30.8. The lowest BCUT2D eigenvalue weighted by Gasteiger charge is -2.31. The Morgan fingerprint density at radius 2 is 0.731 bits per heavy atom. The molecule has 78 heavy (non-hydrogen) atoms. The molecule has 0 aromatic rings. The maximum absolute atomic E-state index is 13.1. The van der Waals surface area contributed by atoms with Gasteiger partial charge in [0.1, 0.15) is 6.10 Å². The third-order valence-electron chi connectivity index (χ3n) is 16.4. The number of nitrogens with zero attached hydrogens (tertiary/aromatic N) is 2. The number of unbranched alkanes of at least 4 members (excludes halogenated alkanes) is 33. The van der Waals surface area contributed by atoms with E-state index in [1.165, 1.54) is 238 Å². The number of carbonyl (C=O) groups is 2. The third-order valence-corrected chi connectivity index (χ3v) is 16.4. The molecule has 0 unspecified atom stereocenters. The van der Waals surface area contributed by atoms with Crippen LogP contribution in [0.1, 0.15) is 330 Å². The first kappa shape index (κ1) is 73.5. The van der Waals surface area contributed by atoms with E-state index in [4.69, 9.17) is 9.47 Å². The quantitative estimate of drug-likeness (QED) is 0.0354. The Labute approximate surface area is 485 Å². The van der Waals surface area contributed by atoms with Crippen LogP contribution in [0.25, 0.3) is 0 Å². The number of esters is 2. The number of hydrogen-bond donors (Lipinski definition) is 2. The Kier molecular flexibility index (Phi) is 53.1. The van der Waals surface area contributed by atoms with Crippen molar-refractivity contribution in [1.29, 1.82) is 0 Å². The Morgan fingerprint density at radius 1 is 0.410 bits per heavy atom. The van der Waals surface area contributed by atoms with Crippen LogP contribution >= 0.6 is 0 Å². The average molecular weight is 1090 g/mol. The van der Waals surface area contributed by atoms with Gasteiger partial charge in [-0.3, -0.25) is 9.59 Å². The second kappa shape index (κ2) is 56.3. The molecule has 0 atom stereocenters. The summed E-state index contributed by atoms with van der Waals surface area (Å²) in [6.07, 6.45) is 55.5. The van der Waals surface area contributed by atoms with Crippen LogP contribution in [0, 0.1) is 0 Å². The van der Waals surface area contributed by atoms with Gasteiger partial charge in [0.2, 0.25) is 0 Å². The predicted octanol–water partition coefficient (Wildman–Crippen LogP) is 19.8. The van der Waals surface area contributed by atoms with E-state index in [1.807, 2.05) is 0 Å². The lowest BCUT2D eigenvalue weighted by molar-refractivity contribution is -0.150. The number of nitrogens with one attached hydrogen (secondary N) is 2. The molecular formula is C70H132N4O4. The highest BCUT2D eigenvalue weighted by molar-refractivity contribution is 5.69. The molecule has 0 spiro atoms. The van der Waals surface area contributed by atoms with Crippen molar-refractivity contribution in [1.82, 2.24) is 20.4 Å². The first-order valence-electron chi connectivity index (χ1n) is 34.5. The molecule has 0 aromatic heterocycles. The second-order valence-corrected chi connectivity index (χ2v) is 23.8. The molecule has 0 amide bonds. The molecule has 0 aromatic carbocycles. The SMILES string of the molecule is C=C=C1C(=C)C(NCCCN(CCCCCCCC(=O)OCCCCCCCCC)CCCCCCCC(=O)OC(CCCCCCCC)CCCCCCCC)=C1NCCCN(CCCCCCC)CCCCCCCC. The molecule has 1 aliphatic carbocycles. The summed E-state index contributed by atoms with van der Waals surface area (Å²) in [7, 11) is 0. The van der Waals surface area contributed by atoms with Crippen molar-refractivity contribution in [2.45, 2.75) is 336 Å². The van der Waals surface area contributed by atoms with Crippen LogP contribution in [0.4, 0.5) is 0 Å². The summed E-state index contributed by atoms with van der Waals surface area (Å²) in [5, 5.41) is 7.55. The molecule has 0 bridgehead atoms. The van der Waals surface area contributed by atoms with Gasteiger partial charge in [-0.1, -0.05) is 247 Å². The summed E-state index contributed by atoms with van der Waals surface area (Å²) in [6, 6.07) is 0. The monoisotopic (exact) mass is 1090 g/mol. The van der Waals surface area contributed by atoms with Gasteiger partial charge in [-0.15, -0.1) is 5.73 Å². The van der Waals surface area contributed by atoms with Gasteiger partial charge in [-0.25, -0.2) is 0 Å². The summed E-state index contributed by atoms with van der Waals surface area (Å²) in [5.74, 6) is 0.0117. The molecule has 8 heteroatoms. The molecule has 0 heterocycles. The van der Waals surface area contributed by atoms with E-state index in [9.17, 15) is 9.59 Å². The van der Waals surface area contributed by atoms with Crippen molar-refractivity contribution in [2.24, 2.45) is 0 Å². The van der Waals surface area contributed by atoms with E-state index in [0.717, 1.165) is 120 Å². The van der Waals surface area contributed by atoms with E-state index in [0.29, 0.717) is 19.4 Å². The van der Waals surface area contributed by atoms with Gasteiger partial charge in [0.15, 0.2) is 0 Å². The van der Waals surface area contributed by atoms with E-state index < -0.39 is 0 Å². The summed E-state index contributed by atoms with van der Waals surface area (Å²) in [6.45, 7) is 29.2. The zero-order chi connectivity index (χ0) is 56.6. The molecule has 0 radical (unpaired) electrons. The third kappa shape index (κ3) is 43.2. The highest BCUT2D eigenvalue weighted by Crippen LogP contribution is 2.34. The number of carbonyl (C=O) groups excluding carboxylic acids is 2. The van der Waals surface area contributed by atoms with E-state index in [1.54, 1.807) is 0 Å². The van der Waals surface area contributed by atoms with E-state index in [2.05, 4.69) is 73.9 Å². The van der Waals surface area contributed by atoms with Crippen LogP contribution in [0.15, 0.2) is 41.4 Å². The maximum Gasteiger partial charge on any atom is 0.306 e. The first-order chi connectivity index (χ1) is 38.3. The van der Waals surface area contributed by atoms with Gasteiger partial charge in [0.05, 0.1) is 18.0 Å². The van der Waals surface area contributed by atoms with Crippen LogP contribution in [0.3, 0.4) is 0 Å². The minimum absolute atomic E-state index is 0.0166. The van der Waals surface area contributed by atoms with Crippen LogP contribution in [0.2, 0.25) is 0 Å². The Bertz CT molecular complexity index is 1460. The summed E-state index contributed by atoms with van der Waals surface area (Å²) >= 11 is 0. The van der Waals surface area contributed by atoms with Crippen LogP contribution in [-0.2, 0) is 19.1 Å². The Morgan fingerprint density at radius 3 is 1.13 bits per heavy atom. The van der Waals surface area contributed by atoms with Gasteiger partial charge >= 0.3 is 11.9 Å². The van der Waals surface area contributed by atoms with Gasteiger partial charge in [0.25, 0.3) is 0 Å². The Hall–Kier alpha value is -2.54. The normalized spacial score (nSPS) is 12.6. The molecule has 0 aliphatic heterocycles. The van der Waals surface area contributed by atoms with Crippen LogP contribution in [-0.4, -0.2) is 86.8 Å². The van der Waals surface area contributed by atoms with Crippen molar-refractivity contribution in [3.8, 4) is 0 Å². The Balaban J connectivity index is 2.68. The lowest BCUT2D eigenvalue weighted by atomic mass is 9.88. The zero-order valence-corrected chi connectivity index (χ0v) is 52.9. The fourth-order valence-electron chi connectivity index (χ4n) is 11.2. The van der Waals surface area contributed by atoms with Crippen molar-refractivity contribution in [2.75, 3.05) is 59.0 Å². The standard InChI is InChI=1S/C70H132N4O4/c1-8-14-19-24-28-39-48-63-77-67(75)53-42-33-29-37-46-59-74(60-47-38-30-34-43-54-68(76)78-65(51-40-31-25-20-15-9-2)52-41-32-26-21-16-10-3)61-49-55-71-69-64(7)66(13-6)70(69)72-56-50-62-73(57-44-35-23-18-12-5)58-45-36-27-22-17-11-4/h65,71-72H,6-12,14-63H2,1-5H3. The largest absolute Gasteiger partial charge is 0.466 e. The average Bonchev–Trinajstić information content (AvgIpc) is 3.47. The minimum Gasteiger partial charge on any atom is -0.466 e. The molecule has 1 aliphatic rings. The number of hydrogen-bond acceptors (Lipinski definition) is 8. The smallest absolute Gasteiger partial charge is 0.306 e. The molecule has 0 fully saturated rings. The molecule has 0 saturated carbocycles. The summed E-state index contributed by atoms with van der Waals surface area (Å²) < 4.78 is 11.7. The van der Waals surface area contributed by atoms with Crippen molar-refractivity contribution in [3.63, 3.8) is 0 Å².